The van der Waals surface area contributed by atoms with E-state index >= 15 is 0 Å². The van der Waals surface area contributed by atoms with Crippen LogP contribution in [0.2, 0.25) is 0 Å². The highest BCUT2D eigenvalue weighted by atomic mass is 15.0. The van der Waals surface area contributed by atoms with Crippen LogP contribution >= 0.6 is 0 Å². The molecular weight excluding hydrogens is 643 g/mol. The van der Waals surface area contributed by atoms with Gasteiger partial charge in [0.2, 0.25) is 0 Å². The topological polar surface area (TPSA) is 38.7 Å². The normalized spacial score (nSPS) is 19.6. The Balaban J connectivity index is 1.15. The highest BCUT2D eigenvalue weighted by Gasteiger charge is 2.43. The summed E-state index contributed by atoms with van der Waals surface area (Å²) >= 11 is 0. The molecule has 6 aromatic carbocycles. The van der Waals surface area contributed by atoms with Crippen LogP contribution in [-0.4, -0.2) is 15.0 Å². The molecule has 258 valence electrons. The molecule has 3 nitrogen and oxygen atoms in total. The van der Waals surface area contributed by atoms with Crippen LogP contribution in [-0.2, 0) is 5.41 Å². The fourth-order valence-electron chi connectivity index (χ4n) is 8.75. The first-order valence-corrected chi connectivity index (χ1v) is 19.1. The van der Waals surface area contributed by atoms with Gasteiger partial charge in [0, 0.05) is 22.1 Å². The fraction of sp³-hybridized carbons (Fsp3) is 0.180. The van der Waals surface area contributed by atoms with Crippen molar-refractivity contribution >= 4 is 0 Å². The van der Waals surface area contributed by atoms with E-state index in [1.807, 2.05) is 60.7 Å². The van der Waals surface area contributed by atoms with E-state index in [0.717, 1.165) is 34.6 Å². The maximum atomic E-state index is 5.01. The molecule has 1 heterocycles. The van der Waals surface area contributed by atoms with Crippen molar-refractivity contribution in [2.75, 3.05) is 0 Å². The molecule has 0 radical (unpaired) electrons. The Morgan fingerprint density at radius 1 is 0.528 bits per heavy atom. The summed E-state index contributed by atoms with van der Waals surface area (Å²) in [5.41, 5.74) is 13.3. The molecule has 3 atom stereocenters. The van der Waals surface area contributed by atoms with Gasteiger partial charge in [-0.3, -0.25) is 0 Å². The minimum atomic E-state index is -0.147. The van der Waals surface area contributed by atoms with Gasteiger partial charge in [-0.25, -0.2) is 15.0 Å². The molecule has 9 rings (SSSR count). The lowest BCUT2D eigenvalue weighted by molar-refractivity contribution is 0.350. The van der Waals surface area contributed by atoms with Gasteiger partial charge >= 0.3 is 0 Å². The van der Waals surface area contributed by atoms with Crippen LogP contribution in [0, 0.1) is 11.8 Å². The van der Waals surface area contributed by atoms with E-state index in [4.69, 9.17) is 15.0 Å². The van der Waals surface area contributed by atoms with Crippen LogP contribution in [0.15, 0.2) is 164 Å². The lowest BCUT2D eigenvalue weighted by Gasteiger charge is -2.35. The van der Waals surface area contributed by atoms with Crippen LogP contribution in [0.4, 0.5) is 0 Å². The van der Waals surface area contributed by atoms with Crippen molar-refractivity contribution in [1.29, 1.82) is 0 Å². The molecular formula is C50H43N3. The lowest BCUT2D eigenvalue weighted by Crippen LogP contribution is -2.26. The van der Waals surface area contributed by atoms with Gasteiger partial charge < -0.3 is 0 Å². The minimum Gasteiger partial charge on any atom is -0.208 e. The van der Waals surface area contributed by atoms with Crippen LogP contribution in [0.1, 0.15) is 50.7 Å². The third-order valence-electron chi connectivity index (χ3n) is 11.5. The second-order valence-electron chi connectivity index (χ2n) is 14.8. The molecule has 7 aromatic rings. The smallest absolute Gasteiger partial charge is 0.164 e. The van der Waals surface area contributed by atoms with E-state index < -0.39 is 0 Å². The van der Waals surface area contributed by atoms with Gasteiger partial charge in [-0.2, -0.15) is 0 Å². The average molecular weight is 686 g/mol. The second-order valence-corrected chi connectivity index (χ2v) is 14.8. The predicted molar refractivity (Wildman–Crippen MR) is 219 cm³/mol. The Kier molecular flexibility index (Phi) is 8.64. The fourth-order valence-corrected chi connectivity index (χ4v) is 8.75. The first-order chi connectivity index (χ1) is 26.1. The molecule has 0 amide bonds. The molecule has 3 heteroatoms. The largest absolute Gasteiger partial charge is 0.208 e. The number of rotatable bonds is 6. The van der Waals surface area contributed by atoms with Crippen molar-refractivity contribution in [2.24, 2.45) is 11.8 Å². The highest BCUT2D eigenvalue weighted by Crippen LogP contribution is 2.56. The van der Waals surface area contributed by atoms with Crippen molar-refractivity contribution in [3.63, 3.8) is 0 Å². The zero-order valence-electron chi connectivity index (χ0n) is 30.4. The van der Waals surface area contributed by atoms with Crippen LogP contribution in [0.3, 0.4) is 0 Å². The summed E-state index contributed by atoms with van der Waals surface area (Å²) in [7, 11) is 0. The summed E-state index contributed by atoms with van der Waals surface area (Å²) in [4.78, 5) is 14.9. The minimum absolute atomic E-state index is 0.147. The Bertz CT molecular complexity index is 2390. The number of fused-ring (bicyclic) bond motifs is 5. The molecule has 1 spiro atoms. The maximum Gasteiger partial charge on any atom is 0.164 e. The Hall–Kier alpha value is -5.93. The standard InChI is InChI=1S/C50H43N3/c1-3-35-28-30-50(29-27-34(2)31-35)45-26-11-10-23-43(45)44-25-14-24-42(46(44)50)40-21-12-19-38(32-40)39-20-13-22-41(33-39)49-52-47(36-15-6-4-7-16-36)51-48(53-49)37-17-8-5-9-18-37/h4-27,29,32-35H,3,28,30-31H2,1-2H3/b29-27+. The molecule has 0 N–H and O–H groups in total. The predicted octanol–water partition coefficient (Wildman–Crippen LogP) is 12.9. The molecule has 0 aliphatic heterocycles. The third-order valence-corrected chi connectivity index (χ3v) is 11.5. The van der Waals surface area contributed by atoms with E-state index in [9.17, 15) is 0 Å². The monoisotopic (exact) mass is 685 g/mol. The summed E-state index contributed by atoms with van der Waals surface area (Å²) in [6, 6.07) is 54.1. The average Bonchev–Trinajstić information content (AvgIpc) is 3.51. The van der Waals surface area contributed by atoms with Crippen molar-refractivity contribution in [3.8, 4) is 67.5 Å². The van der Waals surface area contributed by atoms with E-state index in [1.165, 1.54) is 58.2 Å². The molecule has 53 heavy (non-hydrogen) atoms. The van der Waals surface area contributed by atoms with Crippen LogP contribution < -0.4 is 0 Å². The Morgan fingerprint density at radius 3 is 1.72 bits per heavy atom. The van der Waals surface area contributed by atoms with Gasteiger partial charge in [0.1, 0.15) is 0 Å². The second kappa shape index (κ2) is 13.9. The van der Waals surface area contributed by atoms with Gasteiger partial charge in [0.15, 0.2) is 17.5 Å². The van der Waals surface area contributed by atoms with Crippen molar-refractivity contribution < 1.29 is 0 Å². The van der Waals surface area contributed by atoms with Gasteiger partial charge in [0.25, 0.3) is 0 Å². The van der Waals surface area contributed by atoms with E-state index in [-0.39, 0.29) is 5.41 Å². The number of hydrogen-bond donors (Lipinski definition) is 0. The summed E-state index contributed by atoms with van der Waals surface area (Å²) in [5, 5.41) is 0. The van der Waals surface area contributed by atoms with Gasteiger partial charge in [-0.1, -0.05) is 172 Å². The Morgan fingerprint density at radius 2 is 1.04 bits per heavy atom. The zero-order chi connectivity index (χ0) is 35.8. The molecule has 0 bridgehead atoms. The number of aromatic nitrogens is 3. The molecule has 1 aromatic heterocycles. The third kappa shape index (κ3) is 6.10. The maximum absolute atomic E-state index is 5.01. The zero-order valence-corrected chi connectivity index (χ0v) is 30.4. The number of nitrogens with zero attached hydrogens (tertiary/aromatic N) is 3. The molecule has 3 unspecified atom stereocenters. The lowest BCUT2D eigenvalue weighted by atomic mass is 9.68. The van der Waals surface area contributed by atoms with Crippen molar-refractivity contribution in [2.45, 2.75) is 44.9 Å². The number of hydrogen-bond acceptors (Lipinski definition) is 3. The van der Waals surface area contributed by atoms with Gasteiger partial charge in [-0.15, -0.1) is 0 Å². The van der Waals surface area contributed by atoms with Crippen LogP contribution in [0.5, 0.6) is 0 Å². The molecule has 2 aliphatic rings. The Labute approximate surface area is 313 Å². The van der Waals surface area contributed by atoms with E-state index in [0.29, 0.717) is 23.4 Å². The molecule has 0 saturated heterocycles. The summed E-state index contributed by atoms with van der Waals surface area (Å²) in [5.74, 6) is 3.29. The van der Waals surface area contributed by atoms with Gasteiger partial charge in [0.05, 0.1) is 0 Å². The number of benzene rings is 6. The highest BCUT2D eigenvalue weighted by molar-refractivity contribution is 5.90. The SMILES string of the molecule is CCC1CCC2(/C=C/C(C)C1)c1ccccc1-c1cccc(-c3cccc(-c4cccc(-c5nc(-c6ccccc6)nc(-c6ccccc6)n5)c4)c3)c12. The van der Waals surface area contributed by atoms with Crippen molar-refractivity contribution in [1.82, 2.24) is 15.0 Å². The summed E-state index contributed by atoms with van der Waals surface area (Å²) < 4.78 is 0. The van der Waals surface area contributed by atoms with E-state index in [1.54, 1.807) is 0 Å². The molecule has 2 aliphatic carbocycles. The summed E-state index contributed by atoms with van der Waals surface area (Å²) in [6.07, 6.45) is 9.95. The number of allylic oxidation sites excluding steroid dienone is 2. The van der Waals surface area contributed by atoms with Crippen LogP contribution in [0.25, 0.3) is 67.5 Å². The molecule has 0 saturated carbocycles. The van der Waals surface area contributed by atoms with E-state index in [2.05, 4.69) is 117 Å². The first kappa shape index (κ1) is 32.9. The summed E-state index contributed by atoms with van der Waals surface area (Å²) in [6.45, 7) is 4.76. The molecule has 0 fully saturated rings. The van der Waals surface area contributed by atoms with Crippen molar-refractivity contribution in [3.05, 3.63) is 175 Å². The quantitative estimate of drug-likeness (QED) is 0.164. The first-order valence-electron chi connectivity index (χ1n) is 19.1. The van der Waals surface area contributed by atoms with Gasteiger partial charge in [-0.05, 0) is 87.7 Å².